The minimum atomic E-state index is -3.60. The number of piperidine rings is 1. The second-order valence-corrected chi connectivity index (χ2v) is 11.4. The molecule has 0 bridgehead atoms. The Bertz CT molecular complexity index is 1260. The smallest absolute Gasteiger partial charge is 0.243 e. The lowest BCUT2D eigenvalue weighted by molar-refractivity contribution is -0.137. The van der Waals surface area contributed by atoms with Gasteiger partial charge < -0.3 is 9.80 Å². The first kappa shape index (κ1) is 22.2. The molecule has 1 amide bonds. The average Bonchev–Trinajstić information content (AvgIpc) is 3.30. The number of fused-ring (bicyclic) bond motifs is 1. The molecule has 1 atom stereocenters. The largest absolute Gasteiger partial charge is 0.345 e. The fraction of sp³-hybridized carbons (Fsp3) is 0.391. The highest BCUT2D eigenvalue weighted by Gasteiger charge is 2.36. The van der Waals surface area contributed by atoms with Crippen molar-refractivity contribution in [1.29, 1.82) is 0 Å². The summed E-state index contributed by atoms with van der Waals surface area (Å²) in [6.07, 6.45) is 1.36. The highest BCUT2D eigenvalue weighted by atomic mass is 32.2. The lowest BCUT2D eigenvalue weighted by atomic mass is 9.98. The summed E-state index contributed by atoms with van der Waals surface area (Å²) < 4.78 is 42.2. The SMILES string of the molecule is O=C(C1CCCN(S(=O)(=O)c2ccccc2)C1)N1CCN(c2nc3c(F)cccc3s2)CC1. The molecule has 0 N–H and O–H groups in total. The molecule has 0 spiro atoms. The summed E-state index contributed by atoms with van der Waals surface area (Å²) in [5, 5.41) is 0.764. The Morgan fingerprint density at radius 1 is 1.00 bits per heavy atom. The van der Waals surface area contributed by atoms with Crippen LogP contribution in [0.15, 0.2) is 53.4 Å². The second kappa shape index (κ2) is 9.00. The summed E-state index contributed by atoms with van der Waals surface area (Å²) in [6, 6.07) is 13.3. The number of piperazine rings is 1. The van der Waals surface area contributed by atoms with E-state index in [1.807, 2.05) is 11.0 Å². The molecule has 3 heterocycles. The molecule has 1 unspecified atom stereocenters. The number of anilines is 1. The van der Waals surface area contributed by atoms with Gasteiger partial charge >= 0.3 is 0 Å². The number of amides is 1. The summed E-state index contributed by atoms with van der Waals surface area (Å²) in [5.41, 5.74) is 0.387. The fourth-order valence-electron chi connectivity index (χ4n) is 4.52. The molecule has 0 saturated carbocycles. The third-order valence-electron chi connectivity index (χ3n) is 6.33. The fourth-order valence-corrected chi connectivity index (χ4v) is 7.10. The van der Waals surface area contributed by atoms with E-state index in [2.05, 4.69) is 9.88 Å². The number of hydrogen-bond acceptors (Lipinski definition) is 6. The number of carbonyl (C=O) groups is 1. The van der Waals surface area contributed by atoms with Crippen molar-refractivity contribution in [3.63, 3.8) is 0 Å². The van der Waals surface area contributed by atoms with Crippen LogP contribution in [0.2, 0.25) is 0 Å². The Kier molecular flexibility index (Phi) is 6.07. The number of nitrogens with zero attached hydrogens (tertiary/aromatic N) is 4. The number of thiazole rings is 1. The van der Waals surface area contributed by atoms with Gasteiger partial charge in [0.05, 0.1) is 15.5 Å². The van der Waals surface area contributed by atoms with Crippen LogP contribution in [0.4, 0.5) is 9.52 Å². The molecule has 2 aliphatic rings. The molecule has 2 aromatic carbocycles. The zero-order chi connectivity index (χ0) is 23.0. The predicted molar refractivity (Wildman–Crippen MR) is 126 cm³/mol. The van der Waals surface area contributed by atoms with Gasteiger partial charge in [-0.2, -0.15) is 4.31 Å². The summed E-state index contributed by atoms with van der Waals surface area (Å²) in [4.78, 5) is 21.8. The second-order valence-electron chi connectivity index (χ2n) is 8.41. The highest BCUT2D eigenvalue weighted by molar-refractivity contribution is 7.89. The molecule has 174 valence electrons. The van der Waals surface area contributed by atoms with Crippen molar-refractivity contribution in [2.45, 2.75) is 17.7 Å². The van der Waals surface area contributed by atoms with Crippen LogP contribution in [0.1, 0.15) is 12.8 Å². The first-order chi connectivity index (χ1) is 15.9. The molecule has 5 rings (SSSR count). The Morgan fingerprint density at radius 3 is 2.48 bits per heavy atom. The minimum Gasteiger partial charge on any atom is -0.345 e. The standard InChI is InChI=1S/C23H25FN4O3S2/c24-19-9-4-10-20-21(19)25-23(32-20)27-14-12-26(13-15-27)22(29)17-6-5-11-28(16-17)33(30,31)18-7-2-1-3-8-18/h1-4,7-10,17H,5-6,11-16H2. The third kappa shape index (κ3) is 4.34. The number of rotatable bonds is 4. The quantitative estimate of drug-likeness (QED) is 0.564. The Balaban J connectivity index is 1.23. The summed E-state index contributed by atoms with van der Waals surface area (Å²) in [7, 11) is -3.60. The van der Waals surface area contributed by atoms with E-state index in [-0.39, 0.29) is 29.1 Å². The molecule has 2 fully saturated rings. The van der Waals surface area contributed by atoms with Gasteiger partial charge in [-0.1, -0.05) is 35.6 Å². The number of sulfonamides is 1. The lowest BCUT2D eigenvalue weighted by Gasteiger charge is -2.38. The Labute approximate surface area is 196 Å². The number of carbonyl (C=O) groups excluding carboxylic acids is 1. The van der Waals surface area contributed by atoms with E-state index < -0.39 is 10.0 Å². The minimum absolute atomic E-state index is 0.0120. The van der Waals surface area contributed by atoms with Gasteiger partial charge in [0.25, 0.3) is 0 Å². The van der Waals surface area contributed by atoms with Gasteiger partial charge in [0.1, 0.15) is 11.3 Å². The van der Waals surface area contributed by atoms with Crippen molar-refractivity contribution < 1.29 is 17.6 Å². The monoisotopic (exact) mass is 488 g/mol. The molecular weight excluding hydrogens is 463 g/mol. The Hall–Kier alpha value is -2.56. The van der Waals surface area contributed by atoms with Gasteiger partial charge in [0, 0.05) is 39.3 Å². The molecule has 2 saturated heterocycles. The average molecular weight is 489 g/mol. The number of benzene rings is 2. The molecule has 33 heavy (non-hydrogen) atoms. The topological polar surface area (TPSA) is 73.8 Å². The Morgan fingerprint density at radius 2 is 1.76 bits per heavy atom. The molecule has 1 aromatic heterocycles. The predicted octanol–water partition coefficient (Wildman–Crippen LogP) is 3.18. The highest BCUT2D eigenvalue weighted by Crippen LogP contribution is 2.31. The molecule has 0 radical (unpaired) electrons. The maximum atomic E-state index is 14.0. The van der Waals surface area contributed by atoms with Crippen LogP contribution in [0.5, 0.6) is 0 Å². The van der Waals surface area contributed by atoms with Crippen molar-refractivity contribution in [1.82, 2.24) is 14.2 Å². The van der Waals surface area contributed by atoms with Crippen LogP contribution in [0.25, 0.3) is 10.2 Å². The zero-order valence-electron chi connectivity index (χ0n) is 18.1. The van der Waals surface area contributed by atoms with Crippen molar-refractivity contribution in [3.8, 4) is 0 Å². The lowest BCUT2D eigenvalue weighted by Crippen LogP contribution is -2.53. The van der Waals surface area contributed by atoms with E-state index in [0.717, 1.165) is 9.83 Å². The summed E-state index contributed by atoms with van der Waals surface area (Å²) in [6.45, 7) is 2.96. The van der Waals surface area contributed by atoms with Gasteiger partial charge in [0.2, 0.25) is 15.9 Å². The van der Waals surface area contributed by atoms with Gasteiger partial charge in [-0.3, -0.25) is 4.79 Å². The summed E-state index contributed by atoms with van der Waals surface area (Å²) >= 11 is 1.45. The van der Waals surface area contributed by atoms with Gasteiger partial charge in [-0.15, -0.1) is 0 Å². The molecule has 2 aliphatic heterocycles. The van der Waals surface area contributed by atoms with Crippen LogP contribution in [0.3, 0.4) is 0 Å². The van der Waals surface area contributed by atoms with E-state index in [1.54, 1.807) is 36.4 Å². The van der Waals surface area contributed by atoms with Crippen LogP contribution in [-0.2, 0) is 14.8 Å². The van der Waals surface area contributed by atoms with Gasteiger partial charge in [-0.25, -0.2) is 17.8 Å². The van der Waals surface area contributed by atoms with Crippen molar-refractivity contribution >= 4 is 42.6 Å². The van der Waals surface area contributed by atoms with Crippen molar-refractivity contribution in [2.24, 2.45) is 5.92 Å². The first-order valence-corrected chi connectivity index (χ1v) is 13.3. The summed E-state index contributed by atoms with van der Waals surface area (Å²) in [5.74, 6) is -0.644. The van der Waals surface area contributed by atoms with Gasteiger partial charge in [0.15, 0.2) is 5.13 Å². The first-order valence-electron chi connectivity index (χ1n) is 11.1. The van der Waals surface area contributed by atoms with E-state index >= 15 is 0 Å². The van der Waals surface area contributed by atoms with E-state index in [4.69, 9.17) is 0 Å². The maximum Gasteiger partial charge on any atom is 0.243 e. The maximum absolute atomic E-state index is 14.0. The van der Waals surface area contributed by atoms with E-state index in [1.165, 1.54) is 21.7 Å². The normalized spacial score (nSPS) is 20.3. The molecule has 7 nitrogen and oxygen atoms in total. The van der Waals surface area contributed by atoms with Crippen LogP contribution >= 0.6 is 11.3 Å². The number of hydrogen-bond donors (Lipinski definition) is 0. The third-order valence-corrected chi connectivity index (χ3v) is 9.30. The molecule has 0 aliphatic carbocycles. The van der Waals surface area contributed by atoms with Crippen molar-refractivity contribution in [3.05, 3.63) is 54.3 Å². The number of aromatic nitrogens is 1. The van der Waals surface area contributed by atoms with Crippen LogP contribution in [-0.4, -0.2) is 67.8 Å². The van der Waals surface area contributed by atoms with E-state index in [9.17, 15) is 17.6 Å². The number of para-hydroxylation sites is 1. The van der Waals surface area contributed by atoms with E-state index in [0.29, 0.717) is 51.1 Å². The van der Waals surface area contributed by atoms with Crippen LogP contribution in [0, 0.1) is 11.7 Å². The molecular formula is C23H25FN4O3S2. The zero-order valence-corrected chi connectivity index (χ0v) is 19.7. The van der Waals surface area contributed by atoms with Gasteiger partial charge in [-0.05, 0) is 37.1 Å². The molecule has 10 heteroatoms. The number of halogens is 1. The molecule has 3 aromatic rings. The van der Waals surface area contributed by atoms with Crippen molar-refractivity contribution in [2.75, 3.05) is 44.2 Å². The van der Waals surface area contributed by atoms with Crippen LogP contribution < -0.4 is 4.90 Å².